The summed E-state index contributed by atoms with van der Waals surface area (Å²) in [6, 6.07) is 9.37. The molecule has 4 heteroatoms. The van der Waals surface area contributed by atoms with E-state index in [1.54, 1.807) is 11.8 Å². The van der Waals surface area contributed by atoms with E-state index in [1.807, 2.05) is 30.3 Å². The van der Waals surface area contributed by atoms with Crippen LogP contribution in [-0.2, 0) is 15.1 Å². The van der Waals surface area contributed by atoms with Crippen molar-refractivity contribution in [3.05, 3.63) is 35.9 Å². The number of benzene rings is 1. The average molecular weight is 253 g/mol. The quantitative estimate of drug-likeness (QED) is 0.817. The van der Waals surface area contributed by atoms with Crippen molar-refractivity contribution in [2.24, 2.45) is 5.73 Å². The number of nitrogens with two attached hydrogens (primary N) is 1. The smallest absolute Gasteiger partial charge is 0.331 e. The second kappa shape index (κ2) is 6.07. The lowest BCUT2D eigenvalue weighted by atomic mass is 9.93. The summed E-state index contributed by atoms with van der Waals surface area (Å²) in [5.74, 6) is 0.123. The Balaban J connectivity index is 2.98. The van der Waals surface area contributed by atoms with Gasteiger partial charge in [-0.1, -0.05) is 44.2 Å². The van der Waals surface area contributed by atoms with Crippen molar-refractivity contribution in [3.63, 3.8) is 0 Å². The van der Waals surface area contributed by atoms with E-state index in [9.17, 15) is 4.79 Å². The van der Waals surface area contributed by atoms with Gasteiger partial charge in [-0.2, -0.15) is 11.8 Å². The highest BCUT2D eigenvalue weighted by molar-refractivity contribution is 7.99. The maximum atomic E-state index is 11.9. The van der Waals surface area contributed by atoms with Crippen molar-refractivity contribution in [1.82, 2.24) is 0 Å². The molecule has 0 saturated heterocycles. The van der Waals surface area contributed by atoms with E-state index in [0.29, 0.717) is 11.0 Å². The molecule has 0 aromatic heterocycles. The fraction of sp³-hybridized carbons (Fsp3) is 0.462. The number of esters is 1. The number of methoxy groups -OCH3 is 1. The second-order valence-corrected chi connectivity index (χ2v) is 5.75. The van der Waals surface area contributed by atoms with Crippen molar-refractivity contribution >= 4 is 17.7 Å². The highest BCUT2D eigenvalue weighted by Gasteiger charge is 2.37. The van der Waals surface area contributed by atoms with Gasteiger partial charge in [-0.15, -0.1) is 0 Å². The Morgan fingerprint density at radius 3 is 2.47 bits per heavy atom. The molecule has 0 bridgehead atoms. The summed E-state index contributed by atoms with van der Waals surface area (Å²) >= 11 is 1.65. The van der Waals surface area contributed by atoms with E-state index in [2.05, 4.69) is 13.8 Å². The molecule has 3 nitrogen and oxygen atoms in total. The lowest BCUT2D eigenvalue weighted by Crippen LogP contribution is -2.48. The summed E-state index contributed by atoms with van der Waals surface area (Å²) in [5.41, 5.74) is 5.95. The highest BCUT2D eigenvalue weighted by Crippen LogP contribution is 2.26. The topological polar surface area (TPSA) is 52.3 Å². The minimum Gasteiger partial charge on any atom is -0.467 e. The van der Waals surface area contributed by atoms with Crippen LogP contribution in [0.15, 0.2) is 30.3 Å². The first kappa shape index (κ1) is 14.1. The van der Waals surface area contributed by atoms with Crippen LogP contribution < -0.4 is 5.73 Å². The third kappa shape index (κ3) is 3.48. The molecule has 1 aromatic carbocycles. The molecule has 1 unspecified atom stereocenters. The van der Waals surface area contributed by atoms with Crippen molar-refractivity contribution in [1.29, 1.82) is 0 Å². The van der Waals surface area contributed by atoms with Gasteiger partial charge in [0.05, 0.1) is 7.11 Å². The number of carbonyl (C=O) groups is 1. The maximum absolute atomic E-state index is 11.9. The van der Waals surface area contributed by atoms with Crippen LogP contribution in [-0.4, -0.2) is 24.1 Å². The van der Waals surface area contributed by atoms with Crippen LogP contribution in [0.4, 0.5) is 0 Å². The van der Waals surface area contributed by atoms with Gasteiger partial charge in [0.25, 0.3) is 0 Å². The number of carbonyl (C=O) groups excluding carboxylic acids is 1. The minimum atomic E-state index is -1.06. The van der Waals surface area contributed by atoms with E-state index >= 15 is 0 Å². The molecule has 1 rings (SSSR count). The molecular formula is C13H19NO2S. The molecule has 0 spiro atoms. The molecule has 0 heterocycles. The number of hydrogen-bond acceptors (Lipinski definition) is 4. The first-order valence-corrected chi connectivity index (χ1v) is 6.60. The van der Waals surface area contributed by atoms with Crippen LogP contribution in [0, 0.1) is 0 Å². The second-order valence-electron chi connectivity index (χ2n) is 4.19. The molecule has 0 saturated carbocycles. The molecule has 1 aromatic rings. The van der Waals surface area contributed by atoms with E-state index in [-0.39, 0.29) is 0 Å². The van der Waals surface area contributed by atoms with E-state index < -0.39 is 11.5 Å². The summed E-state index contributed by atoms with van der Waals surface area (Å²) in [4.78, 5) is 11.9. The molecule has 0 aliphatic heterocycles. The monoisotopic (exact) mass is 253 g/mol. The molecule has 94 valence electrons. The maximum Gasteiger partial charge on any atom is 0.331 e. The Hall–Kier alpha value is -1.00. The van der Waals surface area contributed by atoms with Crippen LogP contribution in [0.1, 0.15) is 19.4 Å². The lowest BCUT2D eigenvalue weighted by Gasteiger charge is -2.27. The van der Waals surface area contributed by atoms with Crippen LogP contribution in [0.25, 0.3) is 0 Å². The Bertz CT molecular complexity index is 367. The molecule has 0 aliphatic carbocycles. The van der Waals surface area contributed by atoms with Crippen LogP contribution in [0.5, 0.6) is 0 Å². The standard InChI is InChI=1S/C13H19NO2S/c1-10(2)17-9-13(14,12(15)16-3)11-7-5-4-6-8-11/h4-8,10H,9,14H2,1-3H3. The Kier molecular flexibility index (Phi) is 5.02. The van der Waals surface area contributed by atoms with Gasteiger partial charge in [0.2, 0.25) is 0 Å². The van der Waals surface area contributed by atoms with Gasteiger partial charge >= 0.3 is 5.97 Å². The Labute approximate surface area is 107 Å². The van der Waals surface area contributed by atoms with Gasteiger partial charge in [-0.25, -0.2) is 4.79 Å². The van der Waals surface area contributed by atoms with Gasteiger partial charge in [0.15, 0.2) is 0 Å². The predicted octanol–water partition coefficient (Wildman–Crippen LogP) is 2.16. The molecular weight excluding hydrogens is 234 g/mol. The SMILES string of the molecule is COC(=O)C(N)(CSC(C)C)c1ccccc1. The Morgan fingerprint density at radius 1 is 1.41 bits per heavy atom. The van der Waals surface area contributed by atoms with Crippen molar-refractivity contribution < 1.29 is 9.53 Å². The summed E-state index contributed by atoms with van der Waals surface area (Å²) in [6.45, 7) is 4.15. The van der Waals surface area contributed by atoms with Crippen LogP contribution >= 0.6 is 11.8 Å². The zero-order valence-corrected chi connectivity index (χ0v) is 11.3. The minimum absolute atomic E-state index is 0.392. The van der Waals surface area contributed by atoms with Crippen LogP contribution in [0.2, 0.25) is 0 Å². The largest absolute Gasteiger partial charge is 0.467 e. The predicted molar refractivity (Wildman–Crippen MR) is 71.9 cm³/mol. The lowest BCUT2D eigenvalue weighted by molar-refractivity contribution is -0.146. The number of thioether (sulfide) groups is 1. The average Bonchev–Trinajstić information content (AvgIpc) is 2.36. The van der Waals surface area contributed by atoms with Gasteiger partial charge in [0, 0.05) is 5.75 Å². The summed E-state index contributed by atoms with van der Waals surface area (Å²) < 4.78 is 4.82. The first-order chi connectivity index (χ1) is 8.00. The molecule has 0 amide bonds. The normalized spacial score (nSPS) is 14.4. The molecule has 0 fully saturated rings. The fourth-order valence-corrected chi connectivity index (χ4v) is 2.36. The highest BCUT2D eigenvalue weighted by atomic mass is 32.2. The summed E-state index contributed by atoms with van der Waals surface area (Å²) in [6.07, 6.45) is 0. The third-order valence-corrected chi connectivity index (χ3v) is 3.77. The summed E-state index contributed by atoms with van der Waals surface area (Å²) in [7, 11) is 1.37. The van der Waals surface area contributed by atoms with Gasteiger partial charge in [-0.05, 0) is 10.8 Å². The number of hydrogen-bond donors (Lipinski definition) is 1. The van der Waals surface area contributed by atoms with Gasteiger partial charge in [-0.3, -0.25) is 0 Å². The zero-order chi connectivity index (χ0) is 12.9. The van der Waals surface area contributed by atoms with E-state index in [0.717, 1.165) is 5.56 Å². The van der Waals surface area contributed by atoms with E-state index in [1.165, 1.54) is 7.11 Å². The zero-order valence-electron chi connectivity index (χ0n) is 10.5. The molecule has 0 aliphatic rings. The molecule has 17 heavy (non-hydrogen) atoms. The van der Waals surface area contributed by atoms with Crippen LogP contribution in [0.3, 0.4) is 0 Å². The van der Waals surface area contributed by atoms with Gasteiger partial charge < -0.3 is 10.5 Å². The molecule has 2 N–H and O–H groups in total. The molecule has 0 radical (unpaired) electrons. The van der Waals surface area contributed by atoms with Gasteiger partial charge in [0.1, 0.15) is 5.54 Å². The number of ether oxygens (including phenoxy) is 1. The van der Waals surface area contributed by atoms with Crippen molar-refractivity contribution in [3.8, 4) is 0 Å². The van der Waals surface area contributed by atoms with Crippen molar-refractivity contribution in [2.45, 2.75) is 24.6 Å². The Morgan fingerprint density at radius 2 is 2.00 bits per heavy atom. The molecule has 1 atom stereocenters. The number of rotatable bonds is 5. The first-order valence-electron chi connectivity index (χ1n) is 5.55. The van der Waals surface area contributed by atoms with Crippen molar-refractivity contribution in [2.75, 3.05) is 12.9 Å². The fourth-order valence-electron chi connectivity index (χ4n) is 1.48. The third-order valence-electron chi connectivity index (χ3n) is 2.48. The van der Waals surface area contributed by atoms with E-state index in [4.69, 9.17) is 10.5 Å². The summed E-state index contributed by atoms with van der Waals surface area (Å²) in [5, 5.41) is 0.422.